The van der Waals surface area contributed by atoms with E-state index in [-0.39, 0.29) is 5.56 Å². The van der Waals surface area contributed by atoms with Gasteiger partial charge in [-0.15, -0.1) is 0 Å². The summed E-state index contributed by atoms with van der Waals surface area (Å²) < 4.78 is 22.3. The predicted octanol–water partition coefficient (Wildman–Crippen LogP) is 3.14. The Morgan fingerprint density at radius 1 is 1.06 bits per heavy atom. The number of fused-ring (bicyclic) bond motifs is 2. The molecule has 0 bridgehead atoms. The molecule has 0 amide bonds. The SMILES string of the molecule is COc1c(Oc2cnn3ccnc(OC)c23)cnc2nc(Nc3cc(C4CC4)cn(C)c3=O)n(C)c12. The molecule has 0 atom stereocenters. The number of ether oxygens (including phenoxy) is 3. The molecule has 36 heavy (non-hydrogen) atoms. The summed E-state index contributed by atoms with van der Waals surface area (Å²) in [4.78, 5) is 26.1. The molecule has 0 unspecified atom stereocenters. The van der Waals surface area contributed by atoms with Crippen molar-refractivity contribution < 1.29 is 14.2 Å². The normalized spacial score (nSPS) is 13.3. The van der Waals surface area contributed by atoms with Crippen molar-refractivity contribution in [2.75, 3.05) is 19.5 Å². The van der Waals surface area contributed by atoms with Crippen LogP contribution in [0.2, 0.25) is 0 Å². The number of rotatable bonds is 7. The van der Waals surface area contributed by atoms with Crippen molar-refractivity contribution in [1.29, 1.82) is 0 Å². The van der Waals surface area contributed by atoms with Crippen molar-refractivity contribution in [3.05, 3.63) is 53.0 Å². The maximum Gasteiger partial charge on any atom is 0.274 e. The number of methoxy groups -OCH3 is 2. The quantitative estimate of drug-likeness (QED) is 0.368. The molecular formula is C24H24N8O4. The van der Waals surface area contributed by atoms with Gasteiger partial charge in [0, 0.05) is 32.7 Å². The zero-order valence-corrected chi connectivity index (χ0v) is 20.2. The molecule has 0 saturated heterocycles. The van der Waals surface area contributed by atoms with Gasteiger partial charge in [0.1, 0.15) is 11.2 Å². The number of nitrogens with zero attached hydrogens (tertiary/aromatic N) is 7. The molecule has 1 aliphatic carbocycles. The van der Waals surface area contributed by atoms with Gasteiger partial charge in [-0.05, 0) is 30.4 Å². The third-order valence-corrected chi connectivity index (χ3v) is 6.30. The van der Waals surface area contributed by atoms with Crippen molar-refractivity contribution in [1.82, 2.24) is 33.7 Å². The Kier molecular flexibility index (Phi) is 5.02. The summed E-state index contributed by atoms with van der Waals surface area (Å²) in [7, 11) is 6.66. The number of nitrogens with one attached hydrogen (secondary N) is 1. The second-order valence-corrected chi connectivity index (χ2v) is 8.67. The molecule has 0 spiro atoms. The van der Waals surface area contributed by atoms with E-state index in [1.165, 1.54) is 13.3 Å². The van der Waals surface area contributed by atoms with Gasteiger partial charge in [0.25, 0.3) is 5.56 Å². The highest BCUT2D eigenvalue weighted by Gasteiger charge is 2.26. The number of aryl methyl sites for hydroxylation is 2. The van der Waals surface area contributed by atoms with Gasteiger partial charge >= 0.3 is 0 Å². The van der Waals surface area contributed by atoms with Gasteiger partial charge in [-0.1, -0.05) is 0 Å². The fraction of sp³-hybridized carbons (Fsp3) is 0.292. The van der Waals surface area contributed by atoms with Crippen LogP contribution in [0.15, 0.2) is 41.8 Å². The largest absolute Gasteiger partial charge is 0.491 e. The second-order valence-electron chi connectivity index (χ2n) is 8.67. The molecule has 1 fully saturated rings. The Morgan fingerprint density at radius 3 is 2.64 bits per heavy atom. The summed E-state index contributed by atoms with van der Waals surface area (Å²) in [5, 5.41) is 7.49. The Hall–Kier alpha value is -4.61. The second kappa shape index (κ2) is 8.26. The highest BCUT2D eigenvalue weighted by Crippen LogP contribution is 2.41. The molecule has 12 heteroatoms. The van der Waals surface area contributed by atoms with Gasteiger partial charge < -0.3 is 28.7 Å². The van der Waals surface area contributed by atoms with Crippen LogP contribution in [0.3, 0.4) is 0 Å². The van der Waals surface area contributed by atoms with E-state index in [1.54, 1.807) is 46.4 Å². The van der Waals surface area contributed by atoms with Gasteiger partial charge in [-0.2, -0.15) is 10.1 Å². The number of pyridine rings is 2. The van der Waals surface area contributed by atoms with E-state index >= 15 is 0 Å². The highest BCUT2D eigenvalue weighted by atomic mass is 16.5. The molecule has 0 aromatic carbocycles. The van der Waals surface area contributed by atoms with Crippen LogP contribution < -0.4 is 25.1 Å². The molecule has 12 nitrogen and oxygen atoms in total. The summed E-state index contributed by atoms with van der Waals surface area (Å²) in [6, 6.07) is 1.91. The maximum absolute atomic E-state index is 12.8. The Labute approximate surface area is 205 Å². The average molecular weight is 489 g/mol. The predicted molar refractivity (Wildman–Crippen MR) is 132 cm³/mol. The van der Waals surface area contributed by atoms with Crippen LogP contribution >= 0.6 is 0 Å². The van der Waals surface area contributed by atoms with Crippen LogP contribution in [-0.2, 0) is 14.1 Å². The van der Waals surface area contributed by atoms with E-state index in [1.807, 2.05) is 19.3 Å². The molecule has 184 valence electrons. The molecule has 5 aromatic rings. The topological polar surface area (TPSA) is 123 Å². The van der Waals surface area contributed by atoms with Crippen molar-refractivity contribution in [3.63, 3.8) is 0 Å². The van der Waals surface area contributed by atoms with E-state index in [9.17, 15) is 4.79 Å². The van der Waals surface area contributed by atoms with Crippen molar-refractivity contribution in [2.45, 2.75) is 18.8 Å². The zero-order chi connectivity index (χ0) is 25.0. The Bertz CT molecular complexity index is 1680. The molecule has 1 saturated carbocycles. The smallest absolute Gasteiger partial charge is 0.274 e. The number of hydrogen-bond acceptors (Lipinski definition) is 9. The van der Waals surface area contributed by atoms with E-state index in [0.29, 0.717) is 57.4 Å². The summed E-state index contributed by atoms with van der Waals surface area (Å²) in [6.45, 7) is 0. The van der Waals surface area contributed by atoms with Crippen LogP contribution in [0.1, 0.15) is 24.3 Å². The minimum absolute atomic E-state index is 0.133. The highest BCUT2D eigenvalue weighted by molar-refractivity contribution is 5.85. The minimum atomic E-state index is -0.133. The molecule has 5 aromatic heterocycles. The van der Waals surface area contributed by atoms with Gasteiger partial charge in [-0.3, -0.25) is 4.79 Å². The Balaban J connectivity index is 1.41. The van der Waals surface area contributed by atoms with Gasteiger partial charge in [0.2, 0.25) is 11.8 Å². The van der Waals surface area contributed by atoms with Gasteiger partial charge in [-0.25, -0.2) is 14.5 Å². The first-order valence-electron chi connectivity index (χ1n) is 11.4. The summed E-state index contributed by atoms with van der Waals surface area (Å²) in [5.74, 6) is 2.57. The fourth-order valence-corrected chi connectivity index (χ4v) is 4.32. The molecule has 1 aliphatic rings. The average Bonchev–Trinajstić information content (AvgIpc) is 3.59. The first-order chi connectivity index (χ1) is 17.5. The monoisotopic (exact) mass is 488 g/mol. The maximum atomic E-state index is 12.8. The van der Waals surface area contributed by atoms with Crippen LogP contribution in [-0.4, -0.2) is 47.9 Å². The van der Waals surface area contributed by atoms with Crippen LogP contribution in [0, 0.1) is 0 Å². The van der Waals surface area contributed by atoms with Crippen LogP contribution in [0.5, 0.6) is 23.1 Å². The van der Waals surface area contributed by atoms with Gasteiger partial charge in [0.05, 0.1) is 26.6 Å². The third-order valence-electron chi connectivity index (χ3n) is 6.30. The van der Waals surface area contributed by atoms with Crippen molar-refractivity contribution in [2.24, 2.45) is 14.1 Å². The first kappa shape index (κ1) is 21.9. The van der Waals surface area contributed by atoms with Gasteiger partial charge in [0.15, 0.2) is 28.4 Å². The summed E-state index contributed by atoms with van der Waals surface area (Å²) in [5.41, 5.74) is 3.09. The van der Waals surface area contributed by atoms with E-state index in [2.05, 4.69) is 25.4 Å². The van der Waals surface area contributed by atoms with E-state index in [4.69, 9.17) is 14.2 Å². The van der Waals surface area contributed by atoms with Crippen molar-refractivity contribution in [3.8, 4) is 23.1 Å². The lowest BCUT2D eigenvalue weighted by Gasteiger charge is -2.12. The lowest BCUT2D eigenvalue weighted by Crippen LogP contribution is -2.20. The van der Waals surface area contributed by atoms with Crippen LogP contribution in [0.25, 0.3) is 16.7 Å². The standard InChI is InChI=1S/C24H24N8O4/c1-30-12-14(13-5-6-13)9-15(23(30)33)28-24-29-21-19(31(24)2)20(34-3)17(10-26-21)36-16-11-27-32-8-7-25-22(35-4)18(16)32/h7-13H,5-6H2,1-4H3,(H,26,28,29). The number of imidazole rings is 1. The molecule has 0 radical (unpaired) electrons. The molecule has 1 N–H and O–H groups in total. The van der Waals surface area contributed by atoms with E-state index in [0.717, 1.165) is 18.4 Å². The summed E-state index contributed by atoms with van der Waals surface area (Å²) >= 11 is 0. The van der Waals surface area contributed by atoms with E-state index < -0.39 is 0 Å². The lowest BCUT2D eigenvalue weighted by molar-refractivity contribution is 0.379. The lowest BCUT2D eigenvalue weighted by atomic mass is 10.2. The minimum Gasteiger partial charge on any atom is -0.491 e. The number of anilines is 2. The summed E-state index contributed by atoms with van der Waals surface area (Å²) in [6.07, 6.45) is 10.6. The zero-order valence-electron chi connectivity index (χ0n) is 20.2. The van der Waals surface area contributed by atoms with Crippen LogP contribution in [0.4, 0.5) is 11.6 Å². The third kappa shape index (κ3) is 3.49. The Morgan fingerprint density at radius 2 is 1.89 bits per heavy atom. The number of aromatic nitrogens is 7. The molecule has 6 rings (SSSR count). The molecule has 5 heterocycles. The number of hydrogen-bond donors (Lipinski definition) is 1. The fourth-order valence-electron chi connectivity index (χ4n) is 4.32. The first-order valence-corrected chi connectivity index (χ1v) is 11.4. The molecular weight excluding hydrogens is 464 g/mol. The van der Waals surface area contributed by atoms with Crippen molar-refractivity contribution >= 4 is 28.3 Å². The molecule has 0 aliphatic heterocycles.